The van der Waals surface area contributed by atoms with E-state index < -0.39 is 0 Å². The Morgan fingerprint density at radius 2 is 2.00 bits per heavy atom. The molecular formula is C12H9BrN6O. The third kappa shape index (κ3) is 2.59. The highest BCUT2D eigenvalue weighted by Crippen LogP contribution is 2.23. The van der Waals surface area contributed by atoms with Crippen LogP contribution in [0, 0.1) is 0 Å². The number of nitrogens with zero attached hydrogens (tertiary/aromatic N) is 5. The average molecular weight is 333 g/mol. The number of rotatable bonds is 3. The normalized spacial score (nSPS) is 11.2. The van der Waals surface area contributed by atoms with Gasteiger partial charge < -0.3 is 10.2 Å². The molecule has 0 aliphatic heterocycles. The van der Waals surface area contributed by atoms with Gasteiger partial charge in [-0.1, -0.05) is 38.0 Å². The molecular weight excluding hydrogens is 324 g/mol. The highest BCUT2D eigenvalue weighted by molar-refractivity contribution is 9.10. The van der Waals surface area contributed by atoms with Crippen molar-refractivity contribution in [2.24, 2.45) is 5.10 Å². The van der Waals surface area contributed by atoms with Gasteiger partial charge in [0, 0.05) is 10.0 Å². The fraction of sp³-hybridized carbons (Fsp3) is 0. The van der Waals surface area contributed by atoms with Gasteiger partial charge in [0.2, 0.25) is 0 Å². The van der Waals surface area contributed by atoms with Crippen molar-refractivity contribution in [1.29, 1.82) is 0 Å². The minimum absolute atomic E-state index is 0.112. The Hall–Kier alpha value is -2.48. The topological polar surface area (TPSA) is 95.1 Å². The van der Waals surface area contributed by atoms with Crippen LogP contribution in [0.15, 0.2) is 50.4 Å². The summed E-state index contributed by atoms with van der Waals surface area (Å²) in [6, 6.07) is 11.5. The molecule has 100 valence electrons. The maximum atomic E-state index is 5.66. The molecule has 0 spiro atoms. The van der Waals surface area contributed by atoms with Crippen LogP contribution in [0.25, 0.3) is 11.3 Å². The van der Waals surface area contributed by atoms with Crippen molar-refractivity contribution in [2.75, 3.05) is 5.73 Å². The minimum atomic E-state index is 0.112. The van der Waals surface area contributed by atoms with Gasteiger partial charge in [0.25, 0.3) is 5.95 Å². The summed E-state index contributed by atoms with van der Waals surface area (Å²) in [6.07, 6.45) is 1.50. The largest absolute Gasteiger partial charge is 0.455 e. The lowest BCUT2D eigenvalue weighted by Gasteiger charge is -1.96. The first-order valence-electron chi connectivity index (χ1n) is 5.66. The van der Waals surface area contributed by atoms with E-state index in [2.05, 4.69) is 36.6 Å². The van der Waals surface area contributed by atoms with Gasteiger partial charge in [0.1, 0.15) is 11.5 Å². The van der Waals surface area contributed by atoms with E-state index in [1.54, 1.807) is 6.07 Å². The fourth-order valence-electron chi connectivity index (χ4n) is 1.57. The van der Waals surface area contributed by atoms with E-state index in [0.717, 1.165) is 20.6 Å². The highest BCUT2D eigenvalue weighted by atomic mass is 79.9. The van der Waals surface area contributed by atoms with Crippen LogP contribution >= 0.6 is 15.9 Å². The lowest BCUT2D eigenvalue weighted by molar-refractivity contribution is 0.573. The highest BCUT2D eigenvalue weighted by Gasteiger charge is 2.04. The van der Waals surface area contributed by atoms with Gasteiger partial charge in [0.05, 0.1) is 6.21 Å². The summed E-state index contributed by atoms with van der Waals surface area (Å²) in [4.78, 5) is 1.11. The number of halogens is 1. The third-order valence-electron chi connectivity index (χ3n) is 2.53. The molecule has 0 amide bonds. The van der Waals surface area contributed by atoms with Crippen LogP contribution < -0.4 is 5.73 Å². The number of nitrogens with two attached hydrogens (primary N) is 1. The molecule has 7 nitrogen and oxygen atoms in total. The number of benzene rings is 1. The van der Waals surface area contributed by atoms with Crippen molar-refractivity contribution < 1.29 is 4.42 Å². The molecule has 2 N–H and O–H groups in total. The van der Waals surface area contributed by atoms with E-state index in [9.17, 15) is 0 Å². The van der Waals surface area contributed by atoms with Crippen molar-refractivity contribution in [1.82, 2.24) is 20.3 Å². The summed E-state index contributed by atoms with van der Waals surface area (Å²) in [5, 5.41) is 14.5. The number of anilines is 1. The number of hydrogen-bond acceptors (Lipinski definition) is 6. The molecule has 8 heteroatoms. The monoisotopic (exact) mass is 332 g/mol. The summed E-state index contributed by atoms with van der Waals surface area (Å²) in [7, 11) is 0. The predicted octanol–water partition coefficient (Wildman–Crippen LogP) is 2.16. The number of nitrogen functional groups attached to an aromatic ring is 1. The first kappa shape index (κ1) is 12.5. The molecule has 0 saturated heterocycles. The maximum absolute atomic E-state index is 5.66. The second-order valence-electron chi connectivity index (χ2n) is 3.88. The second-order valence-corrected chi connectivity index (χ2v) is 4.80. The van der Waals surface area contributed by atoms with Gasteiger partial charge in [-0.2, -0.15) is 5.10 Å². The van der Waals surface area contributed by atoms with E-state index in [4.69, 9.17) is 10.2 Å². The van der Waals surface area contributed by atoms with Gasteiger partial charge in [-0.3, -0.25) is 0 Å². The van der Waals surface area contributed by atoms with E-state index in [0.29, 0.717) is 5.76 Å². The summed E-state index contributed by atoms with van der Waals surface area (Å²) in [6.45, 7) is 0. The average Bonchev–Trinajstić information content (AvgIpc) is 3.06. The summed E-state index contributed by atoms with van der Waals surface area (Å²) in [5.74, 6) is 1.45. The zero-order valence-corrected chi connectivity index (χ0v) is 11.7. The van der Waals surface area contributed by atoms with Crippen molar-refractivity contribution in [3.8, 4) is 11.3 Å². The molecule has 0 aliphatic rings. The molecule has 0 aliphatic carbocycles. The Morgan fingerprint density at radius 3 is 2.70 bits per heavy atom. The van der Waals surface area contributed by atoms with E-state index in [1.807, 2.05) is 30.3 Å². The lowest BCUT2D eigenvalue weighted by Crippen LogP contribution is -1.99. The van der Waals surface area contributed by atoms with Gasteiger partial charge in [-0.15, -0.1) is 0 Å². The molecule has 0 unspecified atom stereocenters. The number of furan rings is 1. The van der Waals surface area contributed by atoms with Crippen LogP contribution in [0.4, 0.5) is 5.95 Å². The molecule has 0 fully saturated rings. The Morgan fingerprint density at radius 1 is 1.20 bits per heavy atom. The molecule has 0 bridgehead atoms. The molecule has 3 aromatic rings. The minimum Gasteiger partial charge on any atom is -0.455 e. The number of tetrazole rings is 1. The van der Waals surface area contributed by atoms with Crippen LogP contribution in [0.1, 0.15) is 5.76 Å². The molecule has 2 heterocycles. The van der Waals surface area contributed by atoms with Gasteiger partial charge in [0.15, 0.2) is 0 Å². The third-order valence-corrected chi connectivity index (χ3v) is 3.06. The van der Waals surface area contributed by atoms with Crippen LogP contribution in [-0.2, 0) is 0 Å². The Bertz CT molecular complexity index is 745. The molecule has 1 aromatic carbocycles. The molecule has 0 radical (unpaired) electrons. The van der Waals surface area contributed by atoms with Crippen LogP contribution in [0.5, 0.6) is 0 Å². The van der Waals surface area contributed by atoms with Crippen LogP contribution in [0.3, 0.4) is 0 Å². The van der Waals surface area contributed by atoms with Crippen molar-refractivity contribution in [2.45, 2.75) is 0 Å². The zero-order chi connectivity index (χ0) is 13.9. The first-order chi connectivity index (χ1) is 9.72. The molecule has 2 aromatic heterocycles. The number of aromatic nitrogens is 4. The second kappa shape index (κ2) is 5.25. The number of hydrogen-bond donors (Lipinski definition) is 1. The van der Waals surface area contributed by atoms with Crippen molar-refractivity contribution in [3.63, 3.8) is 0 Å². The van der Waals surface area contributed by atoms with E-state index in [1.165, 1.54) is 6.21 Å². The standard InChI is InChI=1S/C12H9BrN6O/c13-9-3-1-8(2-4-9)11-6-5-10(20-11)7-15-19-12(14)16-17-18-19/h1-7H,(H2,14,16,18)/b15-7-. The SMILES string of the molecule is Nc1nnnn1/N=C\c1ccc(-c2ccc(Br)cc2)o1. The molecule has 3 rings (SSSR count). The summed E-state index contributed by atoms with van der Waals surface area (Å²) < 4.78 is 6.68. The summed E-state index contributed by atoms with van der Waals surface area (Å²) in [5.41, 5.74) is 6.47. The Labute approximate surface area is 122 Å². The van der Waals surface area contributed by atoms with Gasteiger partial charge in [-0.05, 0) is 34.7 Å². The molecule has 20 heavy (non-hydrogen) atoms. The first-order valence-corrected chi connectivity index (χ1v) is 6.46. The Kier molecular flexibility index (Phi) is 3.30. The lowest BCUT2D eigenvalue weighted by atomic mass is 10.2. The Balaban J connectivity index is 1.82. The fourth-order valence-corrected chi connectivity index (χ4v) is 1.84. The summed E-state index contributed by atoms with van der Waals surface area (Å²) >= 11 is 3.39. The van der Waals surface area contributed by atoms with Crippen molar-refractivity contribution >= 4 is 28.1 Å². The van der Waals surface area contributed by atoms with Gasteiger partial charge in [-0.25, -0.2) is 0 Å². The molecule has 0 atom stereocenters. The smallest absolute Gasteiger partial charge is 0.263 e. The van der Waals surface area contributed by atoms with Crippen LogP contribution in [0.2, 0.25) is 0 Å². The predicted molar refractivity (Wildman–Crippen MR) is 77.1 cm³/mol. The van der Waals surface area contributed by atoms with E-state index in [-0.39, 0.29) is 5.95 Å². The maximum Gasteiger partial charge on any atom is 0.263 e. The van der Waals surface area contributed by atoms with E-state index >= 15 is 0 Å². The molecule has 0 saturated carbocycles. The zero-order valence-electron chi connectivity index (χ0n) is 10.1. The van der Waals surface area contributed by atoms with Crippen molar-refractivity contribution in [3.05, 3.63) is 46.6 Å². The quantitative estimate of drug-likeness (QED) is 0.741. The van der Waals surface area contributed by atoms with Crippen LogP contribution in [-0.4, -0.2) is 26.5 Å². The van der Waals surface area contributed by atoms with Gasteiger partial charge >= 0.3 is 0 Å².